The van der Waals surface area contributed by atoms with Crippen LogP contribution in [0.4, 0.5) is 0 Å². The largest absolute Gasteiger partial charge is 0.327 e. The van der Waals surface area contributed by atoms with E-state index in [1.165, 1.54) is 56.9 Å². The van der Waals surface area contributed by atoms with Gasteiger partial charge in [0.2, 0.25) is 0 Å². The van der Waals surface area contributed by atoms with Gasteiger partial charge in [-0.25, -0.2) is 0 Å². The average Bonchev–Trinajstić information content (AvgIpc) is 3.13. The van der Waals surface area contributed by atoms with Gasteiger partial charge in [0.05, 0.1) is 0 Å². The molecule has 4 unspecified atom stereocenters. The van der Waals surface area contributed by atoms with Crippen LogP contribution in [-0.2, 0) is 19.3 Å². The van der Waals surface area contributed by atoms with E-state index in [1.807, 2.05) is 0 Å². The van der Waals surface area contributed by atoms with Crippen molar-refractivity contribution in [2.45, 2.75) is 63.8 Å². The zero-order chi connectivity index (χ0) is 13.5. The molecule has 0 spiro atoms. The van der Waals surface area contributed by atoms with Crippen molar-refractivity contribution in [1.29, 1.82) is 0 Å². The lowest BCUT2D eigenvalue weighted by molar-refractivity contribution is 0.294. The summed E-state index contributed by atoms with van der Waals surface area (Å²) in [5.41, 5.74) is 11.1. The van der Waals surface area contributed by atoms with Gasteiger partial charge in [-0.3, -0.25) is 0 Å². The highest BCUT2D eigenvalue weighted by molar-refractivity contribution is 5.35. The minimum atomic E-state index is 0.374. The van der Waals surface area contributed by atoms with Crippen LogP contribution in [0.1, 0.15) is 55.2 Å². The van der Waals surface area contributed by atoms with Gasteiger partial charge in [-0.15, -0.1) is 0 Å². The number of hydrogen-bond acceptors (Lipinski definition) is 1. The summed E-state index contributed by atoms with van der Waals surface area (Å²) in [5.74, 6) is 3.02. The third kappa shape index (κ3) is 2.41. The van der Waals surface area contributed by atoms with E-state index in [4.69, 9.17) is 5.73 Å². The molecular weight excluding hydrogens is 242 g/mol. The second-order valence-electron chi connectivity index (χ2n) is 7.59. The summed E-state index contributed by atoms with van der Waals surface area (Å²) < 4.78 is 0. The van der Waals surface area contributed by atoms with E-state index in [0.29, 0.717) is 6.04 Å². The van der Waals surface area contributed by atoms with Crippen LogP contribution in [0.2, 0.25) is 0 Å². The Kier molecular flexibility index (Phi) is 3.34. The van der Waals surface area contributed by atoms with Crippen LogP contribution in [0, 0.1) is 17.8 Å². The van der Waals surface area contributed by atoms with E-state index in [9.17, 15) is 0 Å². The van der Waals surface area contributed by atoms with E-state index in [-0.39, 0.29) is 0 Å². The van der Waals surface area contributed by atoms with Gasteiger partial charge in [-0.2, -0.15) is 0 Å². The molecule has 20 heavy (non-hydrogen) atoms. The zero-order valence-electron chi connectivity index (χ0n) is 12.5. The van der Waals surface area contributed by atoms with Crippen LogP contribution >= 0.6 is 0 Å². The van der Waals surface area contributed by atoms with E-state index < -0.39 is 0 Å². The lowest BCUT2D eigenvalue weighted by Gasteiger charge is -2.24. The number of hydrogen-bond donors (Lipinski definition) is 1. The van der Waals surface area contributed by atoms with Gasteiger partial charge < -0.3 is 5.73 Å². The second-order valence-corrected chi connectivity index (χ2v) is 7.59. The SMILES string of the molecule is NC(Cc1ccc2c(c1)CCC2)CC1CC2CCC1C2. The highest BCUT2D eigenvalue weighted by Crippen LogP contribution is 2.49. The standard InChI is InChI=1S/C19H27N/c20-19(12-18-10-13-5-7-17(18)8-13)11-14-4-6-15-2-1-3-16(15)9-14/h4,6,9,13,17-19H,1-3,5,7-8,10-12,20H2. The Morgan fingerprint density at radius 2 is 2.00 bits per heavy atom. The highest BCUT2D eigenvalue weighted by Gasteiger charge is 2.39. The Bertz CT molecular complexity index is 493. The van der Waals surface area contributed by atoms with Crippen molar-refractivity contribution < 1.29 is 0 Å². The summed E-state index contributed by atoms with van der Waals surface area (Å²) >= 11 is 0. The summed E-state index contributed by atoms with van der Waals surface area (Å²) in [6.45, 7) is 0. The van der Waals surface area contributed by atoms with Crippen molar-refractivity contribution in [1.82, 2.24) is 0 Å². The van der Waals surface area contributed by atoms with Crippen molar-refractivity contribution >= 4 is 0 Å². The Labute approximate surface area is 122 Å². The van der Waals surface area contributed by atoms with Crippen molar-refractivity contribution in [3.8, 4) is 0 Å². The van der Waals surface area contributed by atoms with Crippen LogP contribution in [0.5, 0.6) is 0 Å². The predicted octanol–water partition coefficient (Wildman–Crippen LogP) is 3.87. The molecule has 0 heterocycles. The molecule has 3 aliphatic carbocycles. The van der Waals surface area contributed by atoms with Crippen LogP contribution in [0.25, 0.3) is 0 Å². The maximum absolute atomic E-state index is 6.46. The Morgan fingerprint density at radius 3 is 2.80 bits per heavy atom. The van der Waals surface area contributed by atoms with Gasteiger partial charge in [-0.05, 0) is 85.8 Å². The minimum Gasteiger partial charge on any atom is -0.327 e. The fourth-order valence-corrected chi connectivity index (χ4v) is 5.19. The number of rotatable bonds is 4. The third-order valence-corrected chi connectivity index (χ3v) is 6.15. The first kappa shape index (κ1) is 12.9. The molecule has 0 saturated heterocycles. The predicted molar refractivity (Wildman–Crippen MR) is 83.7 cm³/mol. The van der Waals surface area contributed by atoms with Crippen molar-refractivity contribution in [3.05, 3.63) is 34.9 Å². The Balaban J connectivity index is 1.36. The van der Waals surface area contributed by atoms with E-state index in [1.54, 1.807) is 11.1 Å². The van der Waals surface area contributed by atoms with E-state index >= 15 is 0 Å². The molecule has 0 amide bonds. The molecule has 2 saturated carbocycles. The van der Waals surface area contributed by atoms with Gasteiger partial charge in [0.1, 0.15) is 0 Å². The number of aryl methyl sites for hydroxylation is 2. The lowest BCUT2D eigenvalue weighted by Crippen LogP contribution is -2.28. The van der Waals surface area contributed by atoms with Gasteiger partial charge >= 0.3 is 0 Å². The van der Waals surface area contributed by atoms with Crippen molar-refractivity contribution in [2.24, 2.45) is 23.5 Å². The first-order valence-corrected chi connectivity index (χ1v) is 8.64. The molecule has 1 nitrogen and oxygen atoms in total. The third-order valence-electron chi connectivity index (χ3n) is 6.15. The zero-order valence-corrected chi connectivity index (χ0v) is 12.5. The van der Waals surface area contributed by atoms with Gasteiger partial charge in [0, 0.05) is 6.04 Å². The molecule has 4 atom stereocenters. The number of nitrogens with two attached hydrogens (primary N) is 1. The first-order chi connectivity index (χ1) is 9.78. The quantitative estimate of drug-likeness (QED) is 0.882. The molecule has 0 aromatic heterocycles. The lowest BCUT2D eigenvalue weighted by atomic mass is 9.83. The fourth-order valence-electron chi connectivity index (χ4n) is 5.19. The van der Waals surface area contributed by atoms with Crippen LogP contribution in [-0.4, -0.2) is 6.04 Å². The molecule has 3 aliphatic rings. The first-order valence-electron chi connectivity index (χ1n) is 8.64. The molecule has 4 rings (SSSR count). The van der Waals surface area contributed by atoms with Gasteiger partial charge in [0.25, 0.3) is 0 Å². The van der Waals surface area contributed by atoms with E-state index in [2.05, 4.69) is 18.2 Å². The fraction of sp³-hybridized carbons (Fsp3) is 0.684. The van der Waals surface area contributed by atoms with Crippen molar-refractivity contribution in [2.75, 3.05) is 0 Å². The van der Waals surface area contributed by atoms with Crippen LogP contribution in [0.3, 0.4) is 0 Å². The number of benzene rings is 1. The van der Waals surface area contributed by atoms with E-state index in [0.717, 1.165) is 24.2 Å². The second kappa shape index (κ2) is 5.18. The molecule has 2 N–H and O–H groups in total. The highest BCUT2D eigenvalue weighted by atomic mass is 14.6. The Morgan fingerprint density at radius 1 is 1.10 bits per heavy atom. The monoisotopic (exact) mass is 269 g/mol. The summed E-state index contributed by atoms with van der Waals surface area (Å²) in [6.07, 6.45) is 12.2. The summed E-state index contributed by atoms with van der Waals surface area (Å²) in [6, 6.07) is 7.48. The molecule has 2 fully saturated rings. The van der Waals surface area contributed by atoms with Gasteiger partial charge in [-0.1, -0.05) is 24.6 Å². The number of fused-ring (bicyclic) bond motifs is 3. The van der Waals surface area contributed by atoms with Gasteiger partial charge in [0.15, 0.2) is 0 Å². The maximum atomic E-state index is 6.46. The molecular formula is C19H27N. The maximum Gasteiger partial charge on any atom is 0.00820 e. The molecule has 1 heteroatoms. The molecule has 0 aliphatic heterocycles. The summed E-state index contributed by atoms with van der Waals surface area (Å²) in [7, 11) is 0. The van der Waals surface area contributed by atoms with Crippen molar-refractivity contribution in [3.63, 3.8) is 0 Å². The summed E-state index contributed by atoms with van der Waals surface area (Å²) in [5, 5.41) is 0. The Hall–Kier alpha value is -0.820. The van der Waals surface area contributed by atoms with Crippen LogP contribution in [0.15, 0.2) is 18.2 Å². The normalized spacial score (nSPS) is 32.5. The summed E-state index contributed by atoms with van der Waals surface area (Å²) in [4.78, 5) is 0. The smallest absolute Gasteiger partial charge is 0.00820 e. The van der Waals surface area contributed by atoms with Crippen LogP contribution < -0.4 is 5.73 Å². The topological polar surface area (TPSA) is 26.0 Å². The molecule has 1 aromatic rings. The molecule has 2 bridgehead atoms. The molecule has 1 aromatic carbocycles. The molecule has 108 valence electrons. The average molecular weight is 269 g/mol. The molecule has 0 radical (unpaired) electrons. The minimum absolute atomic E-state index is 0.374.